The van der Waals surface area contributed by atoms with Gasteiger partial charge in [-0.15, -0.1) is 0 Å². The molecule has 0 aromatic heterocycles. The average Bonchev–Trinajstić information content (AvgIpc) is 2.35. The van der Waals surface area contributed by atoms with E-state index >= 15 is 0 Å². The highest BCUT2D eigenvalue weighted by Crippen LogP contribution is 2.27. The summed E-state index contributed by atoms with van der Waals surface area (Å²) < 4.78 is 5.19. The third-order valence-electron chi connectivity index (χ3n) is 3.19. The lowest BCUT2D eigenvalue weighted by molar-refractivity contribution is 0.0486. The largest absolute Gasteiger partial charge is 0.443 e. The SMILES string of the molecule is CC(CC(C)(C)c1ccccc1)NNC(=O)OC(C)(C)C. The van der Waals surface area contributed by atoms with Gasteiger partial charge in [0.15, 0.2) is 0 Å². The van der Waals surface area contributed by atoms with Gasteiger partial charge in [0.05, 0.1) is 0 Å². The van der Waals surface area contributed by atoms with Crippen molar-refractivity contribution in [1.82, 2.24) is 10.9 Å². The second-order valence-electron chi connectivity index (χ2n) is 7.13. The van der Waals surface area contributed by atoms with Crippen LogP contribution in [0.15, 0.2) is 30.3 Å². The van der Waals surface area contributed by atoms with Crippen LogP contribution in [0.3, 0.4) is 0 Å². The lowest BCUT2D eigenvalue weighted by Gasteiger charge is -2.29. The number of amides is 1. The van der Waals surface area contributed by atoms with E-state index in [-0.39, 0.29) is 11.5 Å². The van der Waals surface area contributed by atoms with Gasteiger partial charge in [-0.1, -0.05) is 44.2 Å². The van der Waals surface area contributed by atoms with Crippen molar-refractivity contribution in [2.75, 3.05) is 0 Å². The Kier molecular flexibility index (Phi) is 5.78. The molecular formula is C17H28N2O2. The van der Waals surface area contributed by atoms with E-state index in [0.717, 1.165) is 6.42 Å². The molecule has 0 heterocycles. The van der Waals surface area contributed by atoms with Gasteiger partial charge in [0.1, 0.15) is 5.60 Å². The van der Waals surface area contributed by atoms with Gasteiger partial charge in [0.25, 0.3) is 0 Å². The van der Waals surface area contributed by atoms with Crippen molar-refractivity contribution in [3.05, 3.63) is 35.9 Å². The molecule has 21 heavy (non-hydrogen) atoms. The standard InChI is InChI=1S/C17H28N2O2/c1-13(18-19-15(20)21-16(2,3)4)12-17(5,6)14-10-8-7-9-11-14/h7-11,13,18H,12H2,1-6H3,(H,19,20). The Balaban J connectivity index is 2.47. The predicted octanol–water partition coefficient (Wildman–Crippen LogP) is 3.77. The lowest BCUT2D eigenvalue weighted by atomic mass is 9.79. The van der Waals surface area contributed by atoms with Crippen LogP contribution in [0.4, 0.5) is 4.79 Å². The van der Waals surface area contributed by atoms with Gasteiger partial charge in [0, 0.05) is 6.04 Å². The maximum absolute atomic E-state index is 11.6. The van der Waals surface area contributed by atoms with E-state index in [1.54, 1.807) is 0 Å². The molecule has 1 unspecified atom stereocenters. The van der Waals surface area contributed by atoms with Gasteiger partial charge in [-0.2, -0.15) is 0 Å². The molecule has 0 aliphatic carbocycles. The second kappa shape index (κ2) is 6.94. The van der Waals surface area contributed by atoms with Crippen LogP contribution in [0.2, 0.25) is 0 Å². The van der Waals surface area contributed by atoms with Crippen LogP contribution >= 0.6 is 0 Å². The maximum atomic E-state index is 11.6. The van der Waals surface area contributed by atoms with Crippen molar-refractivity contribution < 1.29 is 9.53 Å². The normalized spacial score (nSPS) is 13.6. The Hall–Kier alpha value is -1.55. The van der Waals surface area contributed by atoms with E-state index in [9.17, 15) is 4.79 Å². The third kappa shape index (κ3) is 6.63. The first-order valence-electron chi connectivity index (χ1n) is 7.40. The minimum absolute atomic E-state index is 0.0310. The van der Waals surface area contributed by atoms with Crippen LogP contribution in [0, 0.1) is 0 Å². The molecule has 0 fully saturated rings. The number of hydrogen-bond acceptors (Lipinski definition) is 3. The fourth-order valence-electron chi connectivity index (χ4n) is 2.31. The van der Waals surface area contributed by atoms with E-state index in [1.807, 2.05) is 45.9 Å². The van der Waals surface area contributed by atoms with Gasteiger partial charge < -0.3 is 4.74 Å². The fraction of sp³-hybridized carbons (Fsp3) is 0.588. The predicted molar refractivity (Wildman–Crippen MR) is 86.1 cm³/mol. The summed E-state index contributed by atoms with van der Waals surface area (Å²) in [4.78, 5) is 11.6. The average molecular weight is 292 g/mol. The van der Waals surface area contributed by atoms with E-state index < -0.39 is 11.7 Å². The summed E-state index contributed by atoms with van der Waals surface area (Å²) in [6.07, 6.45) is 0.444. The van der Waals surface area contributed by atoms with Crippen molar-refractivity contribution in [2.45, 2.75) is 65.0 Å². The monoisotopic (exact) mass is 292 g/mol. The van der Waals surface area contributed by atoms with E-state index in [4.69, 9.17) is 4.74 Å². The molecule has 0 bridgehead atoms. The summed E-state index contributed by atoms with van der Waals surface area (Å²) in [5.74, 6) is 0. The molecule has 0 aliphatic rings. The maximum Gasteiger partial charge on any atom is 0.422 e. The Morgan fingerprint density at radius 1 is 1.14 bits per heavy atom. The molecule has 1 atom stereocenters. The molecule has 1 amide bonds. The topological polar surface area (TPSA) is 50.4 Å². The smallest absolute Gasteiger partial charge is 0.422 e. The van der Waals surface area contributed by atoms with Crippen molar-refractivity contribution in [3.8, 4) is 0 Å². The molecule has 0 aliphatic heterocycles. The van der Waals surface area contributed by atoms with E-state index in [1.165, 1.54) is 5.56 Å². The van der Waals surface area contributed by atoms with Gasteiger partial charge >= 0.3 is 6.09 Å². The summed E-state index contributed by atoms with van der Waals surface area (Å²) >= 11 is 0. The Labute approximate surface area is 128 Å². The number of ether oxygens (including phenoxy) is 1. The molecule has 1 aromatic carbocycles. The molecule has 1 aromatic rings. The van der Waals surface area contributed by atoms with Crippen LogP contribution in [-0.4, -0.2) is 17.7 Å². The van der Waals surface area contributed by atoms with Gasteiger partial charge in [-0.25, -0.2) is 10.2 Å². The fourth-order valence-corrected chi connectivity index (χ4v) is 2.31. The highest BCUT2D eigenvalue weighted by molar-refractivity contribution is 5.67. The molecule has 4 nitrogen and oxygen atoms in total. The summed E-state index contributed by atoms with van der Waals surface area (Å²) in [7, 11) is 0. The number of nitrogens with one attached hydrogen (secondary N) is 2. The zero-order valence-electron chi connectivity index (χ0n) is 14.0. The van der Waals surface area contributed by atoms with Crippen molar-refractivity contribution >= 4 is 6.09 Å². The first kappa shape index (κ1) is 17.5. The minimum atomic E-state index is -0.488. The molecular weight excluding hydrogens is 264 g/mol. The quantitative estimate of drug-likeness (QED) is 0.812. The molecule has 0 saturated carbocycles. The van der Waals surface area contributed by atoms with Crippen LogP contribution in [0.25, 0.3) is 0 Å². The van der Waals surface area contributed by atoms with Crippen LogP contribution < -0.4 is 10.9 Å². The van der Waals surface area contributed by atoms with Crippen molar-refractivity contribution in [3.63, 3.8) is 0 Å². The molecule has 118 valence electrons. The van der Waals surface area contributed by atoms with Gasteiger partial charge in [-0.05, 0) is 45.1 Å². The number of carbonyl (C=O) groups is 1. The van der Waals surface area contributed by atoms with Crippen molar-refractivity contribution in [2.24, 2.45) is 0 Å². The van der Waals surface area contributed by atoms with E-state index in [2.05, 4.69) is 36.8 Å². The zero-order valence-corrected chi connectivity index (χ0v) is 14.0. The third-order valence-corrected chi connectivity index (χ3v) is 3.19. The molecule has 4 heteroatoms. The first-order chi connectivity index (χ1) is 9.60. The molecule has 1 rings (SSSR count). The lowest BCUT2D eigenvalue weighted by Crippen LogP contribution is -2.47. The number of carbonyl (C=O) groups excluding carboxylic acids is 1. The van der Waals surface area contributed by atoms with Crippen LogP contribution in [0.5, 0.6) is 0 Å². The number of rotatable bonds is 5. The highest BCUT2D eigenvalue weighted by atomic mass is 16.6. The molecule has 0 radical (unpaired) electrons. The zero-order chi connectivity index (χ0) is 16.1. The van der Waals surface area contributed by atoms with Crippen molar-refractivity contribution in [1.29, 1.82) is 0 Å². The Morgan fingerprint density at radius 2 is 1.71 bits per heavy atom. The summed E-state index contributed by atoms with van der Waals surface area (Å²) in [5, 5.41) is 0. The number of hydrogen-bond donors (Lipinski definition) is 2. The molecule has 0 spiro atoms. The van der Waals surface area contributed by atoms with Crippen LogP contribution in [-0.2, 0) is 10.2 Å². The van der Waals surface area contributed by atoms with Gasteiger partial charge in [-0.3, -0.25) is 5.43 Å². The van der Waals surface area contributed by atoms with E-state index in [0.29, 0.717) is 0 Å². The second-order valence-corrected chi connectivity index (χ2v) is 7.13. The number of benzene rings is 1. The summed E-state index contributed by atoms with van der Waals surface area (Å²) in [6.45, 7) is 12.0. The molecule has 0 saturated heterocycles. The Bertz CT molecular complexity index is 450. The minimum Gasteiger partial charge on any atom is -0.443 e. The highest BCUT2D eigenvalue weighted by Gasteiger charge is 2.23. The summed E-state index contributed by atoms with van der Waals surface area (Å²) in [6, 6.07) is 10.5. The summed E-state index contributed by atoms with van der Waals surface area (Å²) in [5.41, 5.74) is 6.44. The Morgan fingerprint density at radius 3 is 2.24 bits per heavy atom. The molecule has 2 N–H and O–H groups in total. The van der Waals surface area contributed by atoms with Crippen LogP contribution in [0.1, 0.15) is 53.5 Å². The van der Waals surface area contributed by atoms with Gasteiger partial charge in [0.2, 0.25) is 0 Å². The number of hydrazine groups is 1. The first-order valence-corrected chi connectivity index (χ1v) is 7.40.